The summed E-state index contributed by atoms with van der Waals surface area (Å²) in [6.07, 6.45) is 12.4. The van der Waals surface area contributed by atoms with Crippen molar-refractivity contribution in [1.82, 2.24) is 9.78 Å². The highest BCUT2D eigenvalue weighted by Crippen LogP contribution is 2.28. The summed E-state index contributed by atoms with van der Waals surface area (Å²) in [5.41, 5.74) is 5.66. The molecule has 0 unspecified atom stereocenters. The molecule has 3 rings (SSSR count). The van der Waals surface area contributed by atoms with Gasteiger partial charge in [0.15, 0.2) is 6.29 Å². The van der Waals surface area contributed by atoms with Crippen LogP contribution in [0.1, 0.15) is 41.5 Å². The maximum absolute atomic E-state index is 11.1. The summed E-state index contributed by atoms with van der Waals surface area (Å²) in [5.74, 6) is 2.60. The SMILES string of the molecule is C#Cc1ccc(-n2nc(C=O)cc2C2=CC=C(C)CC2)cc1. The van der Waals surface area contributed by atoms with Crippen LogP contribution in [0.5, 0.6) is 0 Å². The Kier molecular flexibility index (Phi) is 3.76. The van der Waals surface area contributed by atoms with Crippen molar-refractivity contribution in [3.8, 4) is 18.0 Å². The van der Waals surface area contributed by atoms with E-state index in [2.05, 4.69) is 30.1 Å². The van der Waals surface area contributed by atoms with Crippen molar-refractivity contribution in [2.24, 2.45) is 0 Å². The van der Waals surface area contributed by atoms with E-state index in [9.17, 15) is 4.79 Å². The third kappa shape index (κ3) is 2.64. The Bertz CT molecular complexity index is 814. The van der Waals surface area contributed by atoms with Crippen molar-refractivity contribution < 1.29 is 4.79 Å². The number of allylic oxidation sites excluding steroid dienone is 4. The van der Waals surface area contributed by atoms with Gasteiger partial charge in [-0.1, -0.05) is 23.6 Å². The van der Waals surface area contributed by atoms with Crippen LogP contribution in [0.3, 0.4) is 0 Å². The predicted octanol–water partition coefficient (Wildman–Crippen LogP) is 3.79. The summed E-state index contributed by atoms with van der Waals surface area (Å²) in [6, 6.07) is 9.43. The number of benzene rings is 1. The molecule has 3 heteroatoms. The van der Waals surface area contributed by atoms with Gasteiger partial charge in [0, 0.05) is 5.56 Å². The molecule has 0 amide bonds. The van der Waals surface area contributed by atoms with E-state index >= 15 is 0 Å². The van der Waals surface area contributed by atoms with E-state index < -0.39 is 0 Å². The van der Waals surface area contributed by atoms with Gasteiger partial charge in [-0.15, -0.1) is 6.42 Å². The third-order valence-electron chi connectivity index (χ3n) is 3.81. The molecule has 2 aromatic rings. The molecule has 1 aliphatic carbocycles. The summed E-state index contributed by atoms with van der Waals surface area (Å²) in [4.78, 5) is 11.1. The number of terminal acetylenes is 1. The van der Waals surface area contributed by atoms with Gasteiger partial charge in [0.25, 0.3) is 0 Å². The Morgan fingerprint density at radius 2 is 2.00 bits per heavy atom. The minimum Gasteiger partial charge on any atom is -0.296 e. The maximum atomic E-state index is 11.1. The lowest BCUT2D eigenvalue weighted by atomic mass is 9.97. The standard InChI is InChI=1S/C19H16N2O/c1-3-15-6-10-18(11-7-15)21-19(12-17(13-22)20-21)16-8-4-14(2)5-9-16/h1,4,6-8,10-13H,5,9H2,2H3. The smallest absolute Gasteiger partial charge is 0.170 e. The Morgan fingerprint density at radius 3 is 2.59 bits per heavy atom. The number of hydrogen-bond donors (Lipinski definition) is 0. The Morgan fingerprint density at radius 1 is 1.23 bits per heavy atom. The average Bonchev–Trinajstić information content (AvgIpc) is 3.00. The molecule has 0 fully saturated rings. The summed E-state index contributed by atoms with van der Waals surface area (Å²) in [6.45, 7) is 2.12. The number of nitrogens with zero attached hydrogens (tertiary/aromatic N) is 2. The van der Waals surface area contributed by atoms with E-state index in [0.29, 0.717) is 5.69 Å². The first kappa shape index (κ1) is 14.1. The monoisotopic (exact) mass is 288 g/mol. The predicted molar refractivity (Wildman–Crippen MR) is 87.9 cm³/mol. The molecule has 1 aliphatic rings. The summed E-state index contributed by atoms with van der Waals surface area (Å²) in [7, 11) is 0. The number of aldehydes is 1. The second kappa shape index (κ2) is 5.87. The molecule has 0 N–H and O–H groups in total. The van der Waals surface area contributed by atoms with Crippen LogP contribution in [0.15, 0.2) is 48.1 Å². The Balaban J connectivity index is 2.09. The van der Waals surface area contributed by atoms with Crippen molar-refractivity contribution in [3.63, 3.8) is 0 Å². The molecule has 1 heterocycles. The molecule has 0 saturated carbocycles. The Hall–Kier alpha value is -2.86. The molecule has 0 saturated heterocycles. The van der Waals surface area contributed by atoms with Gasteiger partial charge >= 0.3 is 0 Å². The van der Waals surface area contributed by atoms with Gasteiger partial charge < -0.3 is 0 Å². The van der Waals surface area contributed by atoms with Gasteiger partial charge in [-0.05, 0) is 55.7 Å². The van der Waals surface area contributed by atoms with Crippen molar-refractivity contribution in [1.29, 1.82) is 0 Å². The highest BCUT2D eigenvalue weighted by Gasteiger charge is 2.15. The van der Waals surface area contributed by atoms with Crippen molar-refractivity contribution in [3.05, 3.63) is 65.0 Å². The van der Waals surface area contributed by atoms with E-state index in [1.807, 2.05) is 35.0 Å². The molecule has 1 aromatic carbocycles. The molecule has 0 aliphatic heterocycles. The van der Waals surface area contributed by atoms with Gasteiger partial charge in [0.1, 0.15) is 5.69 Å². The quantitative estimate of drug-likeness (QED) is 0.636. The van der Waals surface area contributed by atoms with Crippen LogP contribution in [0, 0.1) is 12.3 Å². The number of rotatable bonds is 3. The molecular weight excluding hydrogens is 272 g/mol. The lowest BCUT2D eigenvalue weighted by Crippen LogP contribution is -2.03. The first-order valence-corrected chi connectivity index (χ1v) is 7.20. The molecule has 108 valence electrons. The molecule has 1 aromatic heterocycles. The maximum Gasteiger partial charge on any atom is 0.170 e. The normalized spacial score (nSPS) is 14.0. The first-order valence-electron chi connectivity index (χ1n) is 7.20. The van der Waals surface area contributed by atoms with E-state index in [0.717, 1.165) is 36.1 Å². The second-order valence-electron chi connectivity index (χ2n) is 5.38. The molecule has 0 spiro atoms. The van der Waals surface area contributed by atoms with Crippen LogP contribution in [-0.2, 0) is 0 Å². The summed E-state index contributed by atoms with van der Waals surface area (Å²) < 4.78 is 1.81. The largest absolute Gasteiger partial charge is 0.296 e. The second-order valence-corrected chi connectivity index (χ2v) is 5.38. The number of carbonyl (C=O) groups is 1. The van der Waals surface area contributed by atoms with E-state index in [-0.39, 0.29) is 0 Å². The third-order valence-corrected chi connectivity index (χ3v) is 3.81. The fraction of sp³-hybridized carbons (Fsp3) is 0.158. The number of aromatic nitrogens is 2. The molecule has 0 bridgehead atoms. The average molecular weight is 288 g/mol. The highest BCUT2D eigenvalue weighted by molar-refractivity contribution is 5.76. The van der Waals surface area contributed by atoms with Crippen LogP contribution in [-0.4, -0.2) is 16.1 Å². The topological polar surface area (TPSA) is 34.9 Å². The zero-order chi connectivity index (χ0) is 15.5. The molecule has 22 heavy (non-hydrogen) atoms. The highest BCUT2D eigenvalue weighted by atomic mass is 16.1. The molecule has 3 nitrogen and oxygen atoms in total. The van der Waals surface area contributed by atoms with Crippen LogP contribution in [0.4, 0.5) is 0 Å². The zero-order valence-electron chi connectivity index (χ0n) is 12.4. The minimum atomic E-state index is 0.434. The van der Waals surface area contributed by atoms with Gasteiger partial charge in [-0.3, -0.25) is 4.79 Å². The summed E-state index contributed by atoms with van der Waals surface area (Å²) in [5, 5.41) is 4.38. The van der Waals surface area contributed by atoms with Crippen molar-refractivity contribution in [2.45, 2.75) is 19.8 Å². The van der Waals surface area contributed by atoms with Crippen molar-refractivity contribution in [2.75, 3.05) is 0 Å². The zero-order valence-corrected chi connectivity index (χ0v) is 12.4. The van der Waals surface area contributed by atoms with Gasteiger partial charge in [-0.25, -0.2) is 4.68 Å². The van der Waals surface area contributed by atoms with Gasteiger partial charge in [0.2, 0.25) is 0 Å². The minimum absolute atomic E-state index is 0.434. The van der Waals surface area contributed by atoms with Crippen LogP contribution < -0.4 is 0 Å². The van der Waals surface area contributed by atoms with Gasteiger partial charge in [0.05, 0.1) is 11.4 Å². The van der Waals surface area contributed by atoms with E-state index in [4.69, 9.17) is 6.42 Å². The molecule has 0 atom stereocenters. The van der Waals surface area contributed by atoms with Gasteiger partial charge in [-0.2, -0.15) is 5.10 Å². The van der Waals surface area contributed by atoms with Crippen LogP contribution >= 0.6 is 0 Å². The van der Waals surface area contributed by atoms with E-state index in [1.54, 1.807) is 0 Å². The number of carbonyl (C=O) groups excluding carboxylic acids is 1. The number of hydrogen-bond acceptors (Lipinski definition) is 2. The van der Waals surface area contributed by atoms with Crippen molar-refractivity contribution >= 4 is 11.9 Å². The molecular formula is C19H16N2O. The van der Waals surface area contributed by atoms with E-state index in [1.165, 1.54) is 11.1 Å². The first-order chi connectivity index (χ1) is 10.7. The fourth-order valence-corrected chi connectivity index (χ4v) is 2.54. The molecule has 0 radical (unpaired) electrons. The van der Waals surface area contributed by atoms with Crippen LogP contribution in [0.2, 0.25) is 0 Å². The lowest BCUT2D eigenvalue weighted by Gasteiger charge is -2.14. The lowest BCUT2D eigenvalue weighted by molar-refractivity contribution is 0.111. The van der Waals surface area contributed by atoms with Crippen LogP contribution in [0.25, 0.3) is 11.3 Å². The fourth-order valence-electron chi connectivity index (χ4n) is 2.54. The Labute approximate surface area is 130 Å². The summed E-state index contributed by atoms with van der Waals surface area (Å²) >= 11 is 0.